The number of sulfonamides is 1. The van der Waals surface area contributed by atoms with Crippen LogP contribution in [-0.4, -0.2) is 63.3 Å². The summed E-state index contributed by atoms with van der Waals surface area (Å²) in [5.74, 6) is 0.132. The van der Waals surface area contributed by atoms with Gasteiger partial charge in [-0.2, -0.15) is 4.31 Å². The number of morpholine rings is 1. The molecule has 1 aliphatic rings. The van der Waals surface area contributed by atoms with Crippen LogP contribution in [-0.2, 0) is 21.3 Å². The summed E-state index contributed by atoms with van der Waals surface area (Å²) in [6.45, 7) is 5.11. The molecule has 0 spiro atoms. The van der Waals surface area contributed by atoms with Crippen molar-refractivity contribution < 1.29 is 17.5 Å². The standard InChI is InChI=1S/C17H27FN4O3S.HI/c1-13-11-22(12-14(2)25-13)26(23,24)8-7-20-17(19-3)21-10-15-5-4-6-16(18)9-15;/h4-6,9,13-14H,7-8,10-12H2,1-3H3,(H2,19,20,21);1H. The number of halogens is 2. The van der Waals surface area contributed by atoms with Crippen molar-refractivity contribution in [2.45, 2.75) is 32.6 Å². The van der Waals surface area contributed by atoms with Crippen molar-refractivity contribution in [2.24, 2.45) is 4.99 Å². The monoisotopic (exact) mass is 514 g/mol. The lowest BCUT2D eigenvalue weighted by Gasteiger charge is -2.34. The molecule has 1 aliphatic heterocycles. The van der Waals surface area contributed by atoms with Gasteiger partial charge < -0.3 is 15.4 Å². The highest BCUT2D eigenvalue weighted by atomic mass is 127. The van der Waals surface area contributed by atoms with E-state index in [2.05, 4.69) is 15.6 Å². The van der Waals surface area contributed by atoms with Gasteiger partial charge in [-0.1, -0.05) is 12.1 Å². The van der Waals surface area contributed by atoms with Crippen LogP contribution in [0.25, 0.3) is 0 Å². The molecule has 1 fully saturated rings. The number of nitrogens with one attached hydrogen (secondary N) is 2. The van der Waals surface area contributed by atoms with Crippen molar-refractivity contribution in [3.05, 3.63) is 35.6 Å². The Morgan fingerprint density at radius 3 is 2.56 bits per heavy atom. The lowest BCUT2D eigenvalue weighted by molar-refractivity contribution is -0.0440. The number of guanidine groups is 1. The lowest BCUT2D eigenvalue weighted by atomic mass is 10.2. The van der Waals surface area contributed by atoms with Crippen molar-refractivity contribution in [1.82, 2.24) is 14.9 Å². The summed E-state index contributed by atoms with van der Waals surface area (Å²) in [6.07, 6.45) is -0.218. The van der Waals surface area contributed by atoms with Crippen LogP contribution in [0.2, 0.25) is 0 Å². The van der Waals surface area contributed by atoms with Crippen LogP contribution in [0.1, 0.15) is 19.4 Å². The Hall–Kier alpha value is -0.980. The maximum Gasteiger partial charge on any atom is 0.216 e. The molecule has 0 radical (unpaired) electrons. The summed E-state index contributed by atoms with van der Waals surface area (Å²) in [4.78, 5) is 4.05. The van der Waals surface area contributed by atoms with E-state index < -0.39 is 10.0 Å². The number of aliphatic imine (C=N–C) groups is 1. The maximum atomic E-state index is 13.2. The quantitative estimate of drug-likeness (QED) is 0.342. The fourth-order valence-corrected chi connectivity index (χ4v) is 4.33. The number of nitrogens with zero attached hydrogens (tertiary/aromatic N) is 2. The maximum absolute atomic E-state index is 13.2. The highest BCUT2D eigenvalue weighted by Crippen LogP contribution is 2.14. The smallest absolute Gasteiger partial charge is 0.216 e. The molecule has 1 heterocycles. The summed E-state index contributed by atoms with van der Waals surface area (Å²) in [7, 11) is -1.77. The van der Waals surface area contributed by atoms with Crippen LogP contribution in [0.4, 0.5) is 4.39 Å². The molecule has 1 aromatic carbocycles. The minimum Gasteiger partial charge on any atom is -0.373 e. The molecule has 27 heavy (non-hydrogen) atoms. The van der Waals surface area contributed by atoms with E-state index in [1.807, 2.05) is 13.8 Å². The molecule has 2 atom stereocenters. The highest BCUT2D eigenvalue weighted by molar-refractivity contribution is 14.0. The zero-order valence-corrected chi connectivity index (χ0v) is 19.0. The van der Waals surface area contributed by atoms with Gasteiger partial charge in [0, 0.05) is 33.2 Å². The van der Waals surface area contributed by atoms with E-state index in [-0.39, 0.29) is 54.3 Å². The second-order valence-corrected chi connectivity index (χ2v) is 8.46. The Morgan fingerprint density at radius 1 is 1.30 bits per heavy atom. The van der Waals surface area contributed by atoms with Crippen molar-refractivity contribution in [3.63, 3.8) is 0 Å². The summed E-state index contributed by atoms with van der Waals surface area (Å²) in [6, 6.07) is 6.26. The van der Waals surface area contributed by atoms with Gasteiger partial charge in [-0.15, -0.1) is 24.0 Å². The minimum absolute atomic E-state index is 0. The van der Waals surface area contributed by atoms with Gasteiger partial charge in [-0.05, 0) is 31.5 Å². The van der Waals surface area contributed by atoms with Gasteiger partial charge in [0.2, 0.25) is 10.0 Å². The molecule has 0 amide bonds. The zero-order chi connectivity index (χ0) is 19.2. The van der Waals surface area contributed by atoms with Gasteiger partial charge >= 0.3 is 0 Å². The van der Waals surface area contributed by atoms with E-state index in [0.29, 0.717) is 25.6 Å². The third-order valence-corrected chi connectivity index (χ3v) is 5.81. The number of benzene rings is 1. The van der Waals surface area contributed by atoms with Crippen LogP contribution < -0.4 is 10.6 Å². The molecule has 0 aromatic heterocycles. The Kier molecular flexibility index (Phi) is 9.91. The average Bonchev–Trinajstić information content (AvgIpc) is 2.57. The number of ether oxygens (including phenoxy) is 1. The number of hydrogen-bond donors (Lipinski definition) is 2. The number of rotatable bonds is 6. The van der Waals surface area contributed by atoms with Crippen LogP contribution in [0, 0.1) is 5.82 Å². The van der Waals surface area contributed by atoms with Gasteiger partial charge in [0.15, 0.2) is 5.96 Å². The fourth-order valence-electron chi connectivity index (χ4n) is 2.84. The topological polar surface area (TPSA) is 83.0 Å². The third-order valence-electron chi connectivity index (χ3n) is 4.00. The first-order chi connectivity index (χ1) is 12.3. The van der Waals surface area contributed by atoms with Crippen LogP contribution >= 0.6 is 24.0 Å². The third kappa shape index (κ3) is 7.88. The molecule has 2 rings (SSSR count). The van der Waals surface area contributed by atoms with E-state index in [1.165, 1.54) is 16.4 Å². The molecule has 10 heteroatoms. The number of hydrogen-bond acceptors (Lipinski definition) is 4. The molecule has 154 valence electrons. The second kappa shape index (κ2) is 11.1. The van der Waals surface area contributed by atoms with Crippen molar-refractivity contribution >= 4 is 40.0 Å². The SMILES string of the molecule is CN=C(NCCS(=O)(=O)N1CC(C)OC(C)C1)NCc1cccc(F)c1.I. The summed E-state index contributed by atoms with van der Waals surface area (Å²) < 4.78 is 45.2. The predicted octanol–water partition coefficient (Wildman–Crippen LogP) is 1.55. The Balaban J connectivity index is 0.00000364. The van der Waals surface area contributed by atoms with E-state index >= 15 is 0 Å². The van der Waals surface area contributed by atoms with Gasteiger partial charge in [-0.3, -0.25) is 4.99 Å². The molecular formula is C17H28FIN4O3S. The predicted molar refractivity (Wildman–Crippen MR) is 115 cm³/mol. The van der Waals surface area contributed by atoms with Gasteiger partial charge in [0.05, 0.1) is 18.0 Å². The second-order valence-electron chi connectivity index (χ2n) is 6.37. The first-order valence-corrected chi connectivity index (χ1v) is 10.2. The average molecular weight is 514 g/mol. The minimum atomic E-state index is -3.37. The van der Waals surface area contributed by atoms with E-state index in [9.17, 15) is 12.8 Å². The normalized spacial score (nSPS) is 21.4. The molecule has 1 aromatic rings. The molecule has 0 bridgehead atoms. The molecule has 2 unspecified atom stereocenters. The molecule has 1 saturated heterocycles. The van der Waals surface area contributed by atoms with Crippen LogP contribution in [0.3, 0.4) is 0 Å². The Bertz CT molecular complexity index is 723. The molecule has 0 aliphatic carbocycles. The molecular weight excluding hydrogens is 486 g/mol. The molecule has 0 saturated carbocycles. The van der Waals surface area contributed by atoms with Gasteiger partial charge in [0.1, 0.15) is 5.82 Å². The van der Waals surface area contributed by atoms with Crippen molar-refractivity contribution in [1.29, 1.82) is 0 Å². The molecule has 2 N–H and O–H groups in total. The van der Waals surface area contributed by atoms with Crippen LogP contribution in [0.15, 0.2) is 29.3 Å². The molecule has 7 nitrogen and oxygen atoms in total. The first kappa shape index (κ1) is 24.1. The van der Waals surface area contributed by atoms with E-state index in [0.717, 1.165) is 5.56 Å². The van der Waals surface area contributed by atoms with Gasteiger partial charge in [-0.25, -0.2) is 12.8 Å². The van der Waals surface area contributed by atoms with E-state index in [1.54, 1.807) is 19.2 Å². The van der Waals surface area contributed by atoms with E-state index in [4.69, 9.17) is 4.74 Å². The van der Waals surface area contributed by atoms with Crippen molar-refractivity contribution in [2.75, 3.05) is 32.4 Å². The summed E-state index contributed by atoms with van der Waals surface area (Å²) >= 11 is 0. The van der Waals surface area contributed by atoms with Gasteiger partial charge in [0.25, 0.3) is 0 Å². The van der Waals surface area contributed by atoms with Crippen molar-refractivity contribution in [3.8, 4) is 0 Å². The largest absolute Gasteiger partial charge is 0.373 e. The summed E-state index contributed by atoms with van der Waals surface area (Å²) in [5.41, 5.74) is 0.775. The fraction of sp³-hybridized carbons (Fsp3) is 0.588. The zero-order valence-electron chi connectivity index (χ0n) is 15.8. The summed E-state index contributed by atoms with van der Waals surface area (Å²) in [5, 5.41) is 6.02. The Morgan fingerprint density at radius 2 is 1.96 bits per heavy atom. The highest BCUT2D eigenvalue weighted by Gasteiger charge is 2.30. The van der Waals surface area contributed by atoms with Crippen LogP contribution in [0.5, 0.6) is 0 Å². The first-order valence-electron chi connectivity index (χ1n) is 8.62. The Labute approximate surface area is 177 Å². The lowest BCUT2D eigenvalue weighted by Crippen LogP contribution is -2.50.